The molecule has 2 N–H and O–H groups in total. The second-order valence-electron chi connectivity index (χ2n) is 12.7. The highest BCUT2D eigenvalue weighted by atomic mass is 32.1. The van der Waals surface area contributed by atoms with Gasteiger partial charge >= 0.3 is 6.18 Å². The normalized spacial score (nSPS) is 24.3. The first-order valence-corrected chi connectivity index (χ1v) is 19.0. The number of likely N-dealkylation sites (tertiary alicyclic amines) is 1. The number of hydrogen-bond donors (Lipinski definition) is 2. The Kier molecular flexibility index (Phi) is 10.6. The molecular weight excluding hydrogens is 637 g/mol. The molecule has 2 aliphatic rings. The largest absolute Gasteiger partial charge is 0.495 e. The third kappa shape index (κ3) is 8.38. The molecular formula is C34H42F4N3O3PS. The van der Waals surface area contributed by atoms with Crippen molar-refractivity contribution in [1.82, 2.24) is 4.90 Å². The van der Waals surface area contributed by atoms with Crippen LogP contribution in [0.1, 0.15) is 43.6 Å². The van der Waals surface area contributed by atoms with Crippen molar-refractivity contribution in [2.24, 2.45) is 0 Å². The summed E-state index contributed by atoms with van der Waals surface area (Å²) < 4.78 is 81.2. The van der Waals surface area contributed by atoms with E-state index in [9.17, 15) is 17.7 Å². The van der Waals surface area contributed by atoms with E-state index in [2.05, 4.69) is 41.2 Å². The minimum atomic E-state index is -4.42. The summed E-state index contributed by atoms with van der Waals surface area (Å²) in [7, 11) is -0.965. The third-order valence-corrected chi connectivity index (χ3v) is 11.4. The predicted molar refractivity (Wildman–Crippen MR) is 181 cm³/mol. The molecule has 2 fully saturated rings. The van der Waals surface area contributed by atoms with Crippen molar-refractivity contribution in [3.63, 3.8) is 0 Å². The molecule has 0 aliphatic carbocycles. The van der Waals surface area contributed by atoms with E-state index in [-0.39, 0.29) is 30.4 Å². The van der Waals surface area contributed by atoms with Gasteiger partial charge in [0.25, 0.3) is 0 Å². The molecule has 0 bridgehead atoms. The SMILES string of the molecule is COc1cc(P(C)(C)=O)ccc1NCC#Cc1sc2c(N[C@H]3CCN(C4CC(C)OC(C)C4)C[C@H]3F)cccc2c1CC(F)(F)F. The van der Waals surface area contributed by atoms with Crippen LogP contribution in [0, 0.1) is 11.8 Å². The number of anilines is 2. The van der Waals surface area contributed by atoms with Crippen LogP contribution >= 0.6 is 18.5 Å². The lowest BCUT2D eigenvalue weighted by Gasteiger charge is -2.43. The maximum absolute atomic E-state index is 15.6. The van der Waals surface area contributed by atoms with Crippen molar-refractivity contribution in [3.05, 3.63) is 46.8 Å². The fourth-order valence-electron chi connectivity index (χ4n) is 6.48. The number of alkyl halides is 4. The monoisotopic (exact) mass is 679 g/mol. The van der Waals surface area contributed by atoms with Crippen LogP contribution in [0.4, 0.5) is 28.9 Å². The maximum Gasteiger partial charge on any atom is 0.393 e. The van der Waals surface area contributed by atoms with Gasteiger partial charge < -0.3 is 24.7 Å². The number of thiophene rings is 1. The summed E-state index contributed by atoms with van der Waals surface area (Å²) in [6.07, 6.45) is -4.01. The number of methoxy groups -OCH3 is 1. The van der Waals surface area contributed by atoms with E-state index in [0.29, 0.717) is 50.4 Å². The van der Waals surface area contributed by atoms with Crippen LogP contribution < -0.4 is 20.7 Å². The van der Waals surface area contributed by atoms with Crippen molar-refractivity contribution < 1.29 is 31.6 Å². The van der Waals surface area contributed by atoms with Gasteiger partial charge in [-0.1, -0.05) is 24.0 Å². The Morgan fingerprint density at radius 1 is 1.13 bits per heavy atom. The lowest BCUT2D eigenvalue weighted by atomic mass is 9.94. The van der Waals surface area contributed by atoms with Gasteiger partial charge in [0.05, 0.1) is 59.3 Å². The number of ether oxygens (including phenoxy) is 2. The highest BCUT2D eigenvalue weighted by Gasteiger charge is 2.36. The van der Waals surface area contributed by atoms with Gasteiger partial charge in [0.1, 0.15) is 19.1 Å². The molecule has 250 valence electrons. The summed E-state index contributed by atoms with van der Waals surface area (Å²) >= 11 is 1.20. The number of benzene rings is 2. The first kappa shape index (κ1) is 34.6. The van der Waals surface area contributed by atoms with E-state index in [1.165, 1.54) is 18.4 Å². The van der Waals surface area contributed by atoms with Crippen molar-refractivity contribution in [2.45, 2.75) is 76.2 Å². The molecule has 0 amide bonds. The molecule has 1 aromatic heterocycles. The van der Waals surface area contributed by atoms with E-state index in [4.69, 9.17) is 9.47 Å². The number of fused-ring (bicyclic) bond motifs is 1. The minimum Gasteiger partial charge on any atom is -0.495 e. The molecule has 0 spiro atoms. The summed E-state index contributed by atoms with van der Waals surface area (Å²) in [5.41, 5.74) is 1.39. The van der Waals surface area contributed by atoms with Gasteiger partial charge in [-0.15, -0.1) is 11.3 Å². The Morgan fingerprint density at radius 3 is 2.52 bits per heavy atom. The van der Waals surface area contributed by atoms with Crippen LogP contribution in [0.25, 0.3) is 10.1 Å². The zero-order valence-corrected chi connectivity index (χ0v) is 28.6. The zero-order valence-electron chi connectivity index (χ0n) is 26.8. The standard InChI is InChI=1S/C34H42F4N3O3PS/c1-21-16-23(17-22(2)44-21)41-15-13-28(27(35)20-41)40-30-9-6-8-25-26(19-34(36,37)38)32(46-33(25)30)10-7-14-39-29-12-11-24(45(4,5)42)18-31(29)43-3/h6,8-9,11-12,18,21-23,27-28,39-40H,13-17,19-20H2,1-5H3/t21?,22?,23?,27-,28+/m1/s1. The fraction of sp³-hybridized carbons (Fsp3) is 0.529. The number of piperidine rings is 1. The zero-order chi connectivity index (χ0) is 33.2. The van der Waals surface area contributed by atoms with Crippen molar-refractivity contribution in [2.75, 3.05) is 50.7 Å². The Hall–Kier alpha value is -2.77. The molecule has 6 nitrogen and oxygen atoms in total. The van der Waals surface area contributed by atoms with E-state index < -0.39 is 32.0 Å². The highest BCUT2D eigenvalue weighted by Crippen LogP contribution is 2.40. The number of hydrogen-bond acceptors (Lipinski definition) is 7. The Bertz CT molecular complexity index is 1640. The average molecular weight is 680 g/mol. The van der Waals surface area contributed by atoms with E-state index >= 15 is 4.39 Å². The van der Waals surface area contributed by atoms with E-state index in [1.54, 1.807) is 49.7 Å². The fourth-order valence-corrected chi connectivity index (χ4v) is 8.51. The number of nitrogens with zero attached hydrogens (tertiary/aromatic N) is 1. The molecule has 46 heavy (non-hydrogen) atoms. The Balaban J connectivity index is 1.33. The molecule has 4 atom stereocenters. The lowest BCUT2D eigenvalue weighted by molar-refractivity contribution is -0.126. The van der Waals surface area contributed by atoms with Gasteiger partial charge in [-0.3, -0.25) is 4.90 Å². The van der Waals surface area contributed by atoms with Crippen LogP contribution in [0.5, 0.6) is 5.75 Å². The van der Waals surface area contributed by atoms with Gasteiger partial charge in [0.15, 0.2) is 0 Å². The molecule has 2 aromatic carbocycles. The highest BCUT2D eigenvalue weighted by molar-refractivity contribution is 7.70. The molecule has 3 heterocycles. The van der Waals surface area contributed by atoms with Crippen molar-refractivity contribution in [1.29, 1.82) is 0 Å². The van der Waals surface area contributed by atoms with Crippen LogP contribution in [-0.2, 0) is 15.7 Å². The molecule has 0 saturated carbocycles. The smallest absolute Gasteiger partial charge is 0.393 e. The minimum absolute atomic E-state index is 0.126. The third-order valence-electron chi connectivity index (χ3n) is 8.67. The summed E-state index contributed by atoms with van der Waals surface area (Å²) in [4.78, 5) is 2.56. The van der Waals surface area contributed by atoms with Gasteiger partial charge in [-0.25, -0.2) is 4.39 Å². The first-order valence-electron chi connectivity index (χ1n) is 15.6. The first-order chi connectivity index (χ1) is 21.7. The van der Waals surface area contributed by atoms with Gasteiger partial charge in [0.2, 0.25) is 0 Å². The van der Waals surface area contributed by atoms with Crippen molar-refractivity contribution in [3.8, 4) is 17.6 Å². The molecule has 2 aliphatic heterocycles. The van der Waals surface area contributed by atoms with Crippen LogP contribution in [0.15, 0.2) is 36.4 Å². The number of halogens is 4. The summed E-state index contributed by atoms with van der Waals surface area (Å²) in [6.45, 7) is 8.69. The van der Waals surface area contributed by atoms with Gasteiger partial charge in [-0.2, -0.15) is 13.2 Å². The summed E-state index contributed by atoms with van der Waals surface area (Å²) in [6, 6.07) is 10.3. The maximum atomic E-state index is 15.6. The summed E-state index contributed by atoms with van der Waals surface area (Å²) in [5.74, 6) is 6.43. The molecule has 3 aromatic rings. The summed E-state index contributed by atoms with van der Waals surface area (Å²) in [5, 5.41) is 7.65. The molecule has 2 unspecified atom stereocenters. The van der Waals surface area contributed by atoms with Gasteiger partial charge in [-0.05, 0) is 81.7 Å². The van der Waals surface area contributed by atoms with E-state index in [1.807, 2.05) is 0 Å². The van der Waals surface area contributed by atoms with Crippen molar-refractivity contribution >= 4 is 45.2 Å². The Labute approximate surface area is 272 Å². The lowest BCUT2D eigenvalue weighted by Crippen LogP contribution is -2.53. The molecule has 0 radical (unpaired) electrons. The number of rotatable bonds is 8. The molecule has 2 saturated heterocycles. The molecule has 5 rings (SSSR count). The average Bonchev–Trinajstić information content (AvgIpc) is 3.31. The number of nitrogens with one attached hydrogen (secondary N) is 2. The second-order valence-corrected chi connectivity index (χ2v) is 16.9. The quantitative estimate of drug-likeness (QED) is 0.146. The van der Waals surface area contributed by atoms with E-state index in [0.717, 1.165) is 19.4 Å². The van der Waals surface area contributed by atoms with Gasteiger partial charge in [0, 0.05) is 24.4 Å². The predicted octanol–water partition coefficient (Wildman–Crippen LogP) is 7.51. The topological polar surface area (TPSA) is 62.8 Å². The molecule has 12 heteroatoms. The Morgan fingerprint density at radius 2 is 1.87 bits per heavy atom. The van der Waals surface area contributed by atoms with Crippen LogP contribution in [0.3, 0.4) is 0 Å². The van der Waals surface area contributed by atoms with Crippen LogP contribution in [0.2, 0.25) is 0 Å². The van der Waals surface area contributed by atoms with Crippen LogP contribution in [-0.4, -0.2) is 81.6 Å². The second kappa shape index (κ2) is 14.1.